The largest absolute Gasteiger partial charge is 0.494 e. The molecule has 0 saturated carbocycles. The quantitative estimate of drug-likeness (QED) is 0.942. The summed E-state index contributed by atoms with van der Waals surface area (Å²) in [6, 6.07) is 7.17. The number of methoxy groups -OCH3 is 1. The van der Waals surface area contributed by atoms with Crippen LogP contribution in [0.4, 0.5) is 10.1 Å². The van der Waals surface area contributed by atoms with Crippen molar-refractivity contribution in [2.45, 2.75) is 0 Å². The Morgan fingerprint density at radius 2 is 2.16 bits per heavy atom. The fourth-order valence-electron chi connectivity index (χ4n) is 1.46. The highest BCUT2D eigenvalue weighted by atomic mass is 79.9. The molecule has 0 radical (unpaired) electrons. The van der Waals surface area contributed by atoms with Gasteiger partial charge in [-0.3, -0.25) is 4.79 Å². The Balaban J connectivity index is 2.21. The lowest BCUT2D eigenvalue weighted by Crippen LogP contribution is -2.14. The number of carbonyl (C=O) groups excluding carboxylic acids is 1. The van der Waals surface area contributed by atoms with Crippen molar-refractivity contribution in [2.75, 3.05) is 12.4 Å². The van der Waals surface area contributed by atoms with E-state index in [9.17, 15) is 9.18 Å². The van der Waals surface area contributed by atoms with E-state index < -0.39 is 11.7 Å². The van der Waals surface area contributed by atoms with Gasteiger partial charge in [0.15, 0.2) is 0 Å². The maximum absolute atomic E-state index is 13.0. The minimum absolute atomic E-state index is 0.255. The molecule has 2 aromatic rings. The van der Waals surface area contributed by atoms with Crippen LogP contribution in [0.1, 0.15) is 10.5 Å². The summed E-state index contributed by atoms with van der Waals surface area (Å²) in [5, 5.41) is 2.62. The van der Waals surface area contributed by atoms with Gasteiger partial charge in [-0.05, 0) is 40.2 Å². The van der Waals surface area contributed by atoms with E-state index in [1.54, 1.807) is 12.1 Å². The van der Waals surface area contributed by atoms with Crippen LogP contribution in [-0.2, 0) is 0 Å². The number of carbonyl (C=O) groups is 1. The topological polar surface area (TPSA) is 51.2 Å². The number of amides is 1. The maximum atomic E-state index is 13.0. The first-order valence-electron chi connectivity index (χ1n) is 5.36. The number of nitrogens with zero attached hydrogens (tertiary/aromatic N) is 1. The van der Waals surface area contributed by atoms with Crippen LogP contribution in [0.5, 0.6) is 5.75 Å². The van der Waals surface area contributed by atoms with Crippen molar-refractivity contribution in [1.29, 1.82) is 0 Å². The summed E-state index contributed by atoms with van der Waals surface area (Å²) in [5.74, 6) is -0.570. The average Bonchev–Trinajstić information content (AvgIpc) is 2.41. The first kappa shape index (κ1) is 13.5. The molecule has 98 valence electrons. The third-order valence-corrected chi connectivity index (χ3v) is 2.84. The molecule has 2 rings (SSSR count). The molecule has 19 heavy (non-hydrogen) atoms. The number of hydrogen-bond acceptors (Lipinski definition) is 3. The van der Waals surface area contributed by atoms with Crippen LogP contribution in [0.3, 0.4) is 0 Å². The maximum Gasteiger partial charge on any atom is 0.274 e. The lowest BCUT2D eigenvalue weighted by molar-refractivity contribution is 0.102. The number of halogens is 2. The molecule has 0 bridgehead atoms. The van der Waals surface area contributed by atoms with Gasteiger partial charge in [0, 0.05) is 16.7 Å². The fourth-order valence-corrected chi connectivity index (χ4v) is 1.70. The number of hydrogen-bond donors (Lipinski definition) is 1. The third-order valence-electron chi connectivity index (χ3n) is 2.37. The predicted molar refractivity (Wildman–Crippen MR) is 72.8 cm³/mol. The lowest BCUT2D eigenvalue weighted by Gasteiger charge is -2.09. The molecule has 1 heterocycles. The number of benzene rings is 1. The Hall–Kier alpha value is -1.95. The van der Waals surface area contributed by atoms with Crippen LogP contribution in [0.25, 0.3) is 0 Å². The zero-order valence-corrected chi connectivity index (χ0v) is 11.6. The predicted octanol–water partition coefficient (Wildman–Crippen LogP) is 3.24. The van der Waals surface area contributed by atoms with E-state index in [2.05, 4.69) is 26.2 Å². The molecule has 1 N–H and O–H groups in total. The van der Waals surface area contributed by atoms with Gasteiger partial charge in [-0.15, -0.1) is 0 Å². The number of nitrogens with one attached hydrogen (secondary N) is 1. The summed E-state index contributed by atoms with van der Waals surface area (Å²) < 4.78 is 18.8. The molecule has 0 aliphatic rings. The van der Waals surface area contributed by atoms with Crippen molar-refractivity contribution in [1.82, 2.24) is 4.98 Å². The van der Waals surface area contributed by atoms with Gasteiger partial charge in [-0.2, -0.15) is 0 Å². The van der Waals surface area contributed by atoms with E-state index in [-0.39, 0.29) is 11.4 Å². The minimum atomic E-state index is -0.434. The molecule has 4 nitrogen and oxygen atoms in total. The highest BCUT2D eigenvalue weighted by Crippen LogP contribution is 2.25. The van der Waals surface area contributed by atoms with Gasteiger partial charge in [-0.1, -0.05) is 0 Å². The van der Waals surface area contributed by atoms with E-state index in [1.165, 1.54) is 31.5 Å². The molecule has 0 aliphatic carbocycles. The van der Waals surface area contributed by atoms with Gasteiger partial charge in [0.05, 0.1) is 12.8 Å². The highest BCUT2D eigenvalue weighted by Gasteiger charge is 2.11. The Bertz CT molecular complexity index is 602. The molecule has 6 heteroatoms. The molecule has 0 saturated heterocycles. The van der Waals surface area contributed by atoms with Crippen molar-refractivity contribution < 1.29 is 13.9 Å². The monoisotopic (exact) mass is 324 g/mol. The van der Waals surface area contributed by atoms with E-state index in [0.717, 1.165) is 4.47 Å². The summed E-state index contributed by atoms with van der Waals surface area (Å²) in [7, 11) is 1.41. The second-order valence-corrected chi connectivity index (χ2v) is 4.58. The third kappa shape index (κ3) is 3.29. The molecular weight excluding hydrogens is 315 g/mol. The van der Waals surface area contributed by atoms with Gasteiger partial charge in [-0.25, -0.2) is 9.37 Å². The van der Waals surface area contributed by atoms with E-state index in [0.29, 0.717) is 5.69 Å². The van der Waals surface area contributed by atoms with E-state index in [4.69, 9.17) is 4.74 Å². The van der Waals surface area contributed by atoms with Crippen molar-refractivity contribution in [2.24, 2.45) is 0 Å². The van der Waals surface area contributed by atoms with Gasteiger partial charge in [0.1, 0.15) is 17.3 Å². The summed E-state index contributed by atoms with van der Waals surface area (Å²) in [6.07, 6.45) is 1.52. The van der Waals surface area contributed by atoms with Crippen molar-refractivity contribution in [3.63, 3.8) is 0 Å². The van der Waals surface area contributed by atoms with Crippen LogP contribution in [-0.4, -0.2) is 18.0 Å². The fraction of sp³-hybridized carbons (Fsp3) is 0.0769. The van der Waals surface area contributed by atoms with Crippen molar-refractivity contribution in [3.05, 3.63) is 52.5 Å². The van der Waals surface area contributed by atoms with Crippen LogP contribution < -0.4 is 10.1 Å². The molecule has 1 aromatic carbocycles. The van der Waals surface area contributed by atoms with Crippen LogP contribution in [0.15, 0.2) is 41.0 Å². The molecule has 1 aromatic heterocycles. The number of aromatic nitrogens is 1. The molecular formula is C13H10BrFN2O2. The number of pyridine rings is 1. The van der Waals surface area contributed by atoms with E-state index >= 15 is 0 Å². The number of rotatable bonds is 3. The molecule has 0 spiro atoms. The Labute approximate surface area is 117 Å². The number of anilines is 1. The summed E-state index contributed by atoms with van der Waals surface area (Å²) in [6.45, 7) is 0. The van der Waals surface area contributed by atoms with Crippen LogP contribution in [0.2, 0.25) is 0 Å². The van der Waals surface area contributed by atoms with Gasteiger partial charge in [0.2, 0.25) is 0 Å². The van der Waals surface area contributed by atoms with Gasteiger partial charge < -0.3 is 10.1 Å². The standard InChI is InChI=1S/C13H10BrFN2O2/c1-19-12-6-9(15)3-5-10(12)17-13(18)11-4-2-8(14)7-16-11/h2-7H,1H3,(H,17,18). The van der Waals surface area contributed by atoms with Crippen molar-refractivity contribution >= 4 is 27.5 Å². The number of ether oxygens (including phenoxy) is 1. The first-order valence-corrected chi connectivity index (χ1v) is 6.16. The Kier molecular flexibility index (Phi) is 4.11. The van der Waals surface area contributed by atoms with E-state index in [1.807, 2.05) is 0 Å². The zero-order valence-electron chi connectivity index (χ0n) is 9.98. The molecule has 1 amide bonds. The second-order valence-electron chi connectivity index (χ2n) is 3.66. The lowest BCUT2D eigenvalue weighted by atomic mass is 10.2. The average molecular weight is 325 g/mol. The summed E-state index contributed by atoms with van der Waals surface area (Å²) >= 11 is 3.24. The molecule has 0 aliphatic heterocycles. The van der Waals surface area contributed by atoms with Gasteiger partial charge >= 0.3 is 0 Å². The minimum Gasteiger partial charge on any atom is -0.494 e. The molecule has 0 atom stereocenters. The SMILES string of the molecule is COc1cc(F)ccc1NC(=O)c1ccc(Br)cn1. The normalized spacial score (nSPS) is 10.1. The van der Waals surface area contributed by atoms with Crippen LogP contribution in [0, 0.1) is 5.82 Å². The molecule has 0 fully saturated rings. The highest BCUT2D eigenvalue weighted by molar-refractivity contribution is 9.10. The Morgan fingerprint density at radius 3 is 2.79 bits per heavy atom. The molecule has 0 unspecified atom stereocenters. The van der Waals surface area contributed by atoms with Gasteiger partial charge in [0.25, 0.3) is 5.91 Å². The zero-order chi connectivity index (χ0) is 13.8. The Morgan fingerprint density at radius 1 is 1.37 bits per heavy atom. The van der Waals surface area contributed by atoms with Crippen molar-refractivity contribution in [3.8, 4) is 5.75 Å². The smallest absolute Gasteiger partial charge is 0.274 e. The van der Waals surface area contributed by atoms with Crippen LogP contribution >= 0.6 is 15.9 Å². The summed E-state index contributed by atoms with van der Waals surface area (Å²) in [5.41, 5.74) is 0.646. The second kappa shape index (κ2) is 5.79. The summed E-state index contributed by atoms with van der Waals surface area (Å²) in [4.78, 5) is 15.9. The first-order chi connectivity index (χ1) is 9.10.